The highest BCUT2D eigenvalue weighted by Gasteiger charge is 1.98. The number of hydrogen-bond acceptors (Lipinski definition) is 0. The molecule has 1 heteroatoms. The normalized spacial score (nSPS) is 10.1. The molecule has 0 aliphatic heterocycles. The first-order valence-electron chi connectivity index (χ1n) is 4.90. The van der Waals surface area contributed by atoms with Crippen molar-refractivity contribution in [1.29, 1.82) is 0 Å². The summed E-state index contributed by atoms with van der Waals surface area (Å²) in [7, 11) is 2.15. The molecule has 0 aromatic heterocycles. The maximum absolute atomic E-state index is 2.18. The lowest BCUT2D eigenvalue weighted by Gasteiger charge is -2.05. The van der Waals surface area contributed by atoms with Crippen LogP contribution in [-0.2, 0) is 0 Å². The maximum atomic E-state index is 2.18. The van der Waals surface area contributed by atoms with E-state index in [1.54, 1.807) is 0 Å². The highest BCUT2D eigenvalue weighted by atomic mass is 14.0. The quantitative estimate of drug-likeness (QED) is 0.588. The standard InChI is InChI=1S/C13H13B/c1-10-6-8-11(9-7-10)12-4-2-3-5-13(12)14/h2-9H,14H2,1H3. The summed E-state index contributed by atoms with van der Waals surface area (Å²) < 4.78 is 0. The van der Waals surface area contributed by atoms with E-state index in [1.165, 1.54) is 22.2 Å². The first kappa shape index (κ1) is 9.08. The minimum absolute atomic E-state index is 1.30. The molecule has 0 fully saturated rings. The van der Waals surface area contributed by atoms with Crippen LogP contribution in [0.4, 0.5) is 0 Å². The summed E-state index contributed by atoms with van der Waals surface area (Å²) in [5.74, 6) is 0. The van der Waals surface area contributed by atoms with Gasteiger partial charge in [-0.25, -0.2) is 0 Å². The molecule has 0 saturated heterocycles. The van der Waals surface area contributed by atoms with Crippen LogP contribution in [-0.4, -0.2) is 7.85 Å². The van der Waals surface area contributed by atoms with E-state index in [0.29, 0.717) is 0 Å². The SMILES string of the molecule is Bc1ccccc1-c1ccc(C)cc1. The van der Waals surface area contributed by atoms with Crippen LogP contribution < -0.4 is 5.46 Å². The molecule has 0 radical (unpaired) electrons. The van der Waals surface area contributed by atoms with E-state index in [2.05, 4.69) is 63.3 Å². The molecule has 14 heavy (non-hydrogen) atoms. The van der Waals surface area contributed by atoms with Gasteiger partial charge >= 0.3 is 0 Å². The molecule has 68 valence electrons. The average Bonchev–Trinajstić information content (AvgIpc) is 2.20. The fourth-order valence-corrected chi connectivity index (χ4v) is 1.63. The Morgan fingerprint density at radius 2 is 1.50 bits per heavy atom. The minimum atomic E-state index is 1.30. The summed E-state index contributed by atoms with van der Waals surface area (Å²) in [6.07, 6.45) is 0. The van der Waals surface area contributed by atoms with E-state index < -0.39 is 0 Å². The molecule has 0 atom stereocenters. The fraction of sp³-hybridized carbons (Fsp3) is 0.0769. The van der Waals surface area contributed by atoms with Crippen molar-refractivity contribution >= 4 is 13.3 Å². The third kappa shape index (κ3) is 1.72. The molecule has 0 spiro atoms. The van der Waals surface area contributed by atoms with Crippen molar-refractivity contribution in [2.75, 3.05) is 0 Å². The minimum Gasteiger partial charge on any atom is -0.0813 e. The van der Waals surface area contributed by atoms with Gasteiger partial charge in [0, 0.05) is 0 Å². The molecule has 0 amide bonds. The second-order valence-corrected chi connectivity index (χ2v) is 3.68. The average molecular weight is 180 g/mol. The predicted molar refractivity (Wildman–Crippen MR) is 64.8 cm³/mol. The first-order chi connectivity index (χ1) is 6.77. The third-order valence-corrected chi connectivity index (χ3v) is 2.51. The van der Waals surface area contributed by atoms with Crippen LogP contribution >= 0.6 is 0 Å². The zero-order valence-corrected chi connectivity index (χ0v) is 8.62. The lowest BCUT2D eigenvalue weighted by atomic mass is 9.87. The van der Waals surface area contributed by atoms with E-state index in [-0.39, 0.29) is 0 Å². The number of hydrogen-bond donors (Lipinski definition) is 0. The Labute approximate surface area is 86.0 Å². The van der Waals surface area contributed by atoms with Gasteiger partial charge in [0.1, 0.15) is 7.85 Å². The lowest BCUT2D eigenvalue weighted by molar-refractivity contribution is 1.47. The van der Waals surface area contributed by atoms with E-state index in [9.17, 15) is 0 Å². The summed E-state index contributed by atoms with van der Waals surface area (Å²) in [5.41, 5.74) is 5.26. The number of aryl methyl sites for hydroxylation is 1. The Bertz CT molecular complexity index is 429. The van der Waals surface area contributed by atoms with E-state index >= 15 is 0 Å². The van der Waals surface area contributed by atoms with Gasteiger partial charge in [0.2, 0.25) is 0 Å². The molecular weight excluding hydrogens is 167 g/mol. The first-order valence-corrected chi connectivity index (χ1v) is 4.90. The van der Waals surface area contributed by atoms with Crippen molar-refractivity contribution in [2.45, 2.75) is 6.92 Å². The molecule has 0 bridgehead atoms. The van der Waals surface area contributed by atoms with Crippen molar-refractivity contribution in [3.63, 3.8) is 0 Å². The van der Waals surface area contributed by atoms with Crippen LogP contribution in [0, 0.1) is 6.92 Å². The van der Waals surface area contributed by atoms with Gasteiger partial charge in [-0.3, -0.25) is 0 Å². The summed E-state index contributed by atoms with van der Waals surface area (Å²) in [6, 6.07) is 17.1. The van der Waals surface area contributed by atoms with E-state index in [0.717, 1.165) is 0 Å². The van der Waals surface area contributed by atoms with Gasteiger partial charge in [-0.1, -0.05) is 59.6 Å². The van der Waals surface area contributed by atoms with E-state index in [1.807, 2.05) is 0 Å². The highest BCUT2D eigenvalue weighted by Crippen LogP contribution is 2.16. The summed E-state index contributed by atoms with van der Waals surface area (Å²) in [5, 5.41) is 0. The van der Waals surface area contributed by atoms with Crippen LogP contribution in [0.1, 0.15) is 5.56 Å². The van der Waals surface area contributed by atoms with Crippen molar-refractivity contribution < 1.29 is 0 Å². The Morgan fingerprint density at radius 3 is 2.14 bits per heavy atom. The van der Waals surface area contributed by atoms with Crippen LogP contribution in [0.2, 0.25) is 0 Å². The summed E-state index contributed by atoms with van der Waals surface area (Å²) in [4.78, 5) is 0. The molecule has 0 N–H and O–H groups in total. The molecule has 2 aromatic rings. The molecule has 0 unspecified atom stereocenters. The van der Waals surface area contributed by atoms with Gasteiger partial charge in [0.25, 0.3) is 0 Å². The molecule has 0 heterocycles. The third-order valence-electron chi connectivity index (χ3n) is 2.51. The number of rotatable bonds is 1. The number of benzene rings is 2. The van der Waals surface area contributed by atoms with Gasteiger partial charge in [-0.15, -0.1) is 0 Å². The van der Waals surface area contributed by atoms with Crippen LogP contribution in [0.25, 0.3) is 11.1 Å². The maximum Gasteiger partial charge on any atom is 0.140 e. The Kier molecular flexibility index (Phi) is 2.40. The van der Waals surface area contributed by atoms with E-state index in [4.69, 9.17) is 0 Å². The Hall–Kier alpha value is -1.50. The predicted octanol–water partition coefficient (Wildman–Crippen LogP) is 1.92. The topological polar surface area (TPSA) is 0 Å². The monoisotopic (exact) mass is 180 g/mol. The summed E-state index contributed by atoms with van der Waals surface area (Å²) >= 11 is 0. The zero-order chi connectivity index (χ0) is 9.97. The molecule has 2 aromatic carbocycles. The zero-order valence-electron chi connectivity index (χ0n) is 8.62. The Morgan fingerprint density at radius 1 is 0.857 bits per heavy atom. The molecule has 0 aliphatic rings. The second kappa shape index (κ2) is 3.71. The van der Waals surface area contributed by atoms with Crippen molar-refractivity contribution in [1.82, 2.24) is 0 Å². The van der Waals surface area contributed by atoms with Gasteiger partial charge in [0.15, 0.2) is 0 Å². The molecular formula is C13H13B. The van der Waals surface area contributed by atoms with Crippen LogP contribution in [0.5, 0.6) is 0 Å². The Balaban J connectivity index is 2.50. The van der Waals surface area contributed by atoms with Gasteiger partial charge < -0.3 is 0 Å². The van der Waals surface area contributed by atoms with Gasteiger partial charge in [-0.05, 0) is 18.1 Å². The molecule has 0 aliphatic carbocycles. The van der Waals surface area contributed by atoms with Gasteiger partial charge in [0.05, 0.1) is 0 Å². The smallest absolute Gasteiger partial charge is 0.0813 e. The fourth-order valence-electron chi connectivity index (χ4n) is 1.63. The largest absolute Gasteiger partial charge is 0.140 e. The highest BCUT2D eigenvalue weighted by molar-refractivity contribution is 6.35. The second-order valence-electron chi connectivity index (χ2n) is 3.68. The summed E-state index contributed by atoms with van der Waals surface area (Å²) in [6.45, 7) is 2.11. The van der Waals surface area contributed by atoms with Crippen LogP contribution in [0.3, 0.4) is 0 Å². The van der Waals surface area contributed by atoms with Crippen molar-refractivity contribution in [2.24, 2.45) is 0 Å². The van der Waals surface area contributed by atoms with Crippen LogP contribution in [0.15, 0.2) is 48.5 Å². The van der Waals surface area contributed by atoms with Crippen molar-refractivity contribution in [3.8, 4) is 11.1 Å². The molecule has 0 saturated carbocycles. The molecule has 2 rings (SSSR count). The lowest BCUT2D eigenvalue weighted by Crippen LogP contribution is -2.05. The molecule has 0 nitrogen and oxygen atoms in total. The van der Waals surface area contributed by atoms with Crippen molar-refractivity contribution in [3.05, 3.63) is 54.1 Å². The van der Waals surface area contributed by atoms with Gasteiger partial charge in [-0.2, -0.15) is 0 Å².